The Bertz CT molecular complexity index is 479. The normalized spacial score (nSPS) is 13.8. The Morgan fingerprint density at radius 2 is 2.22 bits per heavy atom. The van der Waals surface area contributed by atoms with Gasteiger partial charge in [-0.2, -0.15) is 16.4 Å². The first-order chi connectivity index (χ1) is 8.47. The molecule has 0 saturated carbocycles. The van der Waals surface area contributed by atoms with E-state index < -0.39 is 0 Å². The Morgan fingerprint density at radius 1 is 1.44 bits per heavy atom. The maximum atomic E-state index is 4.41. The average Bonchev–Trinajstić information content (AvgIpc) is 2.96. The van der Waals surface area contributed by atoms with Crippen LogP contribution < -0.4 is 5.32 Å². The molecule has 1 unspecified atom stereocenters. The zero-order chi connectivity index (χ0) is 13.2. The highest BCUT2D eigenvalue weighted by Gasteiger charge is 2.14. The zero-order valence-corrected chi connectivity index (χ0v) is 12.3. The van der Waals surface area contributed by atoms with Crippen molar-refractivity contribution in [1.82, 2.24) is 15.1 Å². The van der Waals surface area contributed by atoms with Gasteiger partial charge in [0.2, 0.25) is 0 Å². The predicted molar refractivity (Wildman–Crippen MR) is 76.8 cm³/mol. The Morgan fingerprint density at radius 3 is 2.78 bits per heavy atom. The van der Waals surface area contributed by atoms with Gasteiger partial charge < -0.3 is 5.32 Å². The molecule has 0 radical (unpaired) electrons. The molecular weight excluding hydrogens is 242 g/mol. The van der Waals surface area contributed by atoms with Crippen LogP contribution in [0.4, 0.5) is 0 Å². The van der Waals surface area contributed by atoms with Gasteiger partial charge in [-0.05, 0) is 50.1 Å². The van der Waals surface area contributed by atoms with E-state index in [0.29, 0.717) is 6.04 Å². The molecule has 0 aliphatic rings. The summed E-state index contributed by atoms with van der Waals surface area (Å²) in [5.74, 6) is 0. The topological polar surface area (TPSA) is 29.9 Å². The molecule has 1 atom stereocenters. The van der Waals surface area contributed by atoms with E-state index in [1.165, 1.54) is 11.1 Å². The third kappa shape index (κ3) is 3.21. The van der Waals surface area contributed by atoms with Crippen molar-refractivity contribution in [2.75, 3.05) is 0 Å². The molecule has 0 aliphatic heterocycles. The van der Waals surface area contributed by atoms with Crippen molar-refractivity contribution < 1.29 is 0 Å². The van der Waals surface area contributed by atoms with E-state index in [2.05, 4.69) is 61.1 Å². The van der Waals surface area contributed by atoms with E-state index >= 15 is 0 Å². The molecule has 0 saturated heterocycles. The quantitative estimate of drug-likeness (QED) is 0.914. The van der Waals surface area contributed by atoms with Crippen molar-refractivity contribution >= 4 is 11.3 Å². The fourth-order valence-corrected chi connectivity index (χ4v) is 2.48. The van der Waals surface area contributed by atoms with Gasteiger partial charge in [-0.1, -0.05) is 0 Å². The third-order valence-corrected chi connectivity index (χ3v) is 3.68. The number of nitrogens with zero attached hydrogens (tertiary/aromatic N) is 2. The molecule has 18 heavy (non-hydrogen) atoms. The van der Waals surface area contributed by atoms with Crippen molar-refractivity contribution in [3.05, 3.63) is 40.3 Å². The SMILES string of the molecule is CC(NCc1cnn(C(C)(C)C)c1)c1ccsc1. The van der Waals surface area contributed by atoms with E-state index in [-0.39, 0.29) is 5.54 Å². The van der Waals surface area contributed by atoms with Crippen LogP contribution in [0.5, 0.6) is 0 Å². The summed E-state index contributed by atoms with van der Waals surface area (Å²) in [5.41, 5.74) is 2.63. The van der Waals surface area contributed by atoms with E-state index in [0.717, 1.165) is 6.54 Å². The fraction of sp³-hybridized carbons (Fsp3) is 0.500. The van der Waals surface area contributed by atoms with E-state index in [4.69, 9.17) is 0 Å². The molecule has 2 rings (SSSR count). The van der Waals surface area contributed by atoms with E-state index in [1.807, 2.05) is 10.9 Å². The second kappa shape index (κ2) is 5.24. The van der Waals surface area contributed by atoms with Crippen LogP contribution in [0.15, 0.2) is 29.2 Å². The van der Waals surface area contributed by atoms with Gasteiger partial charge in [0.25, 0.3) is 0 Å². The largest absolute Gasteiger partial charge is 0.306 e. The summed E-state index contributed by atoms with van der Waals surface area (Å²) >= 11 is 1.74. The molecular formula is C14H21N3S. The molecule has 0 amide bonds. The molecule has 1 N–H and O–H groups in total. The molecule has 2 aromatic rings. The highest BCUT2D eigenvalue weighted by molar-refractivity contribution is 7.07. The number of hydrogen-bond acceptors (Lipinski definition) is 3. The molecule has 3 nitrogen and oxygen atoms in total. The van der Waals surface area contributed by atoms with Crippen LogP contribution in [0.25, 0.3) is 0 Å². The lowest BCUT2D eigenvalue weighted by molar-refractivity contribution is 0.355. The van der Waals surface area contributed by atoms with Crippen molar-refractivity contribution in [2.45, 2.75) is 45.8 Å². The van der Waals surface area contributed by atoms with Crippen LogP contribution in [0.3, 0.4) is 0 Å². The molecule has 0 spiro atoms. The second-order valence-corrected chi connectivity index (χ2v) is 6.40. The Hall–Kier alpha value is -1.13. The maximum absolute atomic E-state index is 4.41. The molecule has 0 bridgehead atoms. The number of nitrogens with one attached hydrogen (secondary N) is 1. The number of rotatable bonds is 4. The molecule has 2 aromatic heterocycles. The van der Waals surface area contributed by atoms with Crippen molar-refractivity contribution in [3.8, 4) is 0 Å². The van der Waals surface area contributed by atoms with Crippen LogP contribution in [-0.2, 0) is 12.1 Å². The van der Waals surface area contributed by atoms with Gasteiger partial charge in [0, 0.05) is 24.3 Å². The highest BCUT2D eigenvalue weighted by atomic mass is 32.1. The number of hydrogen-bond donors (Lipinski definition) is 1. The van der Waals surface area contributed by atoms with Crippen LogP contribution >= 0.6 is 11.3 Å². The van der Waals surface area contributed by atoms with Crippen LogP contribution in [0.2, 0.25) is 0 Å². The summed E-state index contributed by atoms with van der Waals surface area (Å²) in [5, 5.41) is 12.2. The minimum atomic E-state index is 0.0528. The number of thiophene rings is 1. The maximum Gasteiger partial charge on any atom is 0.0543 e. The van der Waals surface area contributed by atoms with Gasteiger partial charge in [-0.3, -0.25) is 4.68 Å². The molecule has 4 heteroatoms. The van der Waals surface area contributed by atoms with Gasteiger partial charge in [0.05, 0.1) is 11.7 Å². The van der Waals surface area contributed by atoms with Crippen molar-refractivity contribution in [1.29, 1.82) is 0 Å². The summed E-state index contributed by atoms with van der Waals surface area (Å²) in [6.45, 7) is 9.52. The first-order valence-electron chi connectivity index (χ1n) is 6.26. The van der Waals surface area contributed by atoms with E-state index in [9.17, 15) is 0 Å². The Kier molecular flexibility index (Phi) is 3.88. The lowest BCUT2D eigenvalue weighted by Crippen LogP contribution is -2.22. The van der Waals surface area contributed by atoms with Crippen molar-refractivity contribution in [3.63, 3.8) is 0 Å². The molecule has 0 aliphatic carbocycles. The standard InChI is InChI=1S/C14H21N3S/c1-11(13-5-6-18-10-13)15-7-12-8-16-17(9-12)14(2,3)4/h5-6,8-11,15H,7H2,1-4H3. The monoisotopic (exact) mass is 263 g/mol. The van der Waals surface area contributed by atoms with Crippen LogP contribution in [-0.4, -0.2) is 9.78 Å². The minimum absolute atomic E-state index is 0.0528. The first-order valence-corrected chi connectivity index (χ1v) is 7.20. The molecule has 0 fully saturated rings. The number of aromatic nitrogens is 2. The fourth-order valence-electron chi connectivity index (χ4n) is 1.73. The summed E-state index contributed by atoms with van der Waals surface area (Å²) in [6, 6.07) is 2.55. The molecule has 0 aromatic carbocycles. The minimum Gasteiger partial charge on any atom is -0.306 e. The van der Waals surface area contributed by atoms with Crippen LogP contribution in [0, 0.1) is 0 Å². The van der Waals surface area contributed by atoms with Gasteiger partial charge in [-0.25, -0.2) is 0 Å². The van der Waals surface area contributed by atoms with Gasteiger partial charge in [0.1, 0.15) is 0 Å². The summed E-state index contributed by atoms with van der Waals surface area (Å²) in [4.78, 5) is 0. The van der Waals surface area contributed by atoms with Crippen LogP contribution in [0.1, 0.15) is 44.9 Å². The highest BCUT2D eigenvalue weighted by Crippen LogP contribution is 2.17. The summed E-state index contributed by atoms with van der Waals surface area (Å²) in [6.07, 6.45) is 4.06. The van der Waals surface area contributed by atoms with E-state index in [1.54, 1.807) is 11.3 Å². The summed E-state index contributed by atoms with van der Waals surface area (Å²) < 4.78 is 2.01. The van der Waals surface area contributed by atoms with Gasteiger partial charge >= 0.3 is 0 Å². The smallest absolute Gasteiger partial charge is 0.0543 e. The molecule has 2 heterocycles. The molecule has 98 valence electrons. The lowest BCUT2D eigenvalue weighted by atomic mass is 10.1. The second-order valence-electron chi connectivity index (χ2n) is 5.62. The first kappa shape index (κ1) is 13.3. The average molecular weight is 263 g/mol. The van der Waals surface area contributed by atoms with Gasteiger partial charge in [0.15, 0.2) is 0 Å². The Balaban J connectivity index is 1.93. The van der Waals surface area contributed by atoms with Gasteiger partial charge in [-0.15, -0.1) is 0 Å². The summed E-state index contributed by atoms with van der Waals surface area (Å²) in [7, 11) is 0. The Labute approximate surface area is 113 Å². The zero-order valence-electron chi connectivity index (χ0n) is 11.5. The van der Waals surface area contributed by atoms with Crippen molar-refractivity contribution in [2.24, 2.45) is 0 Å². The predicted octanol–water partition coefficient (Wildman–Crippen LogP) is 3.55. The third-order valence-electron chi connectivity index (χ3n) is 2.98. The lowest BCUT2D eigenvalue weighted by Gasteiger charge is -2.18.